The lowest BCUT2D eigenvalue weighted by Crippen LogP contribution is -2.42. The van der Waals surface area contributed by atoms with Gasteiger partial charge >= 0.3 is 5.97 Å². The van der Waals surface area contributed by atoms with E-state index in [4.69, 9.17) is 12.2 Å². The predicted octanol–water partition coefficient (Wildman–Crippen LogP) is 2.56. The third-order valence-electron chi connectivity index (χ3n) is 3.23. The number of carboxylic acids is 1. The molecule has 1 unspecified atom stereocenters. The van der Waals surface area contributed by atoms with Crippen LogP contribution in [-0.4, -0.2) is 27.0 Å². The van der Waals surface area contributed by atoms with Crippen LogP contribution in [0.5, 0.6) is 0 Å². The lowest BCUT2D eigenvalue weighted by molar-refractivity contribution is -0.385. The number of para-hydroxylation sites is 1. The summed E-state index contributed by atoms with van der Waals surface area (Å²) < 4.78 is 0. The minimum Gasteiger partial charge on any atom is -0.480 e. The van der Waals surface area contributed by atoms with Crippen molar-refractivity contribution >= 4 is 28.9 Å². The number of nitrogens with one attached hydrogen (secondary N) is 1. The quantitative estimate of drug-likeness (QED) is 0.480. The fourth-order valence-corrected chi connectivity index (χ4v) is 2.43. The van der Waals surface area contributed by atoms with E-state index in [1.54, 1.807) is 6.07 Å². The van der Waals surface area contributed by atoms with Gasteiger partial charge in [-0.1, -0.05) is 54.7 Å². The number of benzene rings is 2. The summed E-state index contributed by atoms with van der Waals surface area (Å²) in [7, 11) is 0. The molecule has 0 fully saturated rings. The Balaban J connectivity index is 2.19. The van der Waals surface area contributed by atoms with Crippen molar-refractivity contribution in [3.05, 3.63) is 75.8 Å². The van der Waals surface area contributed by atoms with Crippen molar-refractivity contribution in [1.82, 2.24) is 5.32 Å². The molecule has 2 aromatic rings. The number of carbonyl (C=O) groups is 1. The lowest BCUT2D eigenvalue weighted by Gasteiger charge is -2.16. The monoisotopic (exact) mass is 330 g/mol. The molecule has 0 aliphatic heterocycles. The molecular weight excluding hydrogens is 316 g/mol. The van der Waals surface area contributed by atoms with Crippen molar-refractivity contribution in [1.29, 1.82) is 0 Å². The molecule has 6 nitrogen and oxygen atoms in total. The first-order valence-electron chi connectivity index (χ1n) is 6.80. The van der Waals surface area contributed by atoms with Gasteiger partial charge in [0.1, 0.15) is 11.0 Å². The van der Waals surface area contributed by atoms with Crippen LogP contribution in [-0.2, 0) is 11.2 Å². The van der Waals surface area contributed by atoms with Crippen LogP contribution >= 0.6 is 12.2 Å². The Morgan fingerprint density at radius 3 is 2.39 bits per heavy atom. The minimum atomic E-state index is -1.07. The zero-order valence-electron chi connectivity index (χ0n) is 12.0. The highest BCUT2D eigenvalue weighted by Crippen LogP contribution is 2.18. The summed E-state index contributed by atoms with van der Waals surface area (Å²) in [5.41, 5.74) is 0.874. The third kappa shape index (κ3) is 4.33. The zero-order chi connectivity index (χ0) is 16.8. The predicted molar refractivity (Wildman–Crippen MR) is 89.5 cm³/mol. The van der Waals surface area contributed by atoms with Gasteiger partial charge in [0.15, 0.2) is 0 Å². The van der Waals surface area contributed by atoms with Crippen molar-refractivity contribution in [2.45, 2.75) is 12.5 Å². The Morgan fingerprint density at radius 1 is 1.17 bits per heavy atom. The molecule has 2 aromatic carbocycles. The highest BCUT2D eigenvalue weighted by Gasteiger charge is 2.23. The summed E-state index contributed by atoms with van der Waals surface area (Å²) >= 11 is 5.16. The first-order valence-corrected chi connectivity index (χ1v) is 7.21. The molecule has 0 saturated carbocycles. The van der Waals surface area contributed by atoms with E-state index in [1.807, 2.05) is 30.3 Å². The Labute approximate surface area is 137 Å². The number of carboxylic acid groups (broad SMARTS) is 1. The Bertz CT molecular complexity index is 734. The van der Waals surface area contributed by atoms with Gasteiger partial charge in [0.25, 0.3) is 5.69 Å². The standard InChI is InChI=1S/C16H14N2O4S/c19-16(20)13(10-11-6-2-1-3-7-11)17-15(23)12-8-4-5-9-14(12)18(21)22/h1-9,13H,10H2,(H,17,23)(H,19,20). The van der Waals surface area contributed by atoms with Crippen LogP contribution in [0.3, 0.4) is 0 Å². The topological polar surface area (TPSA) is 92.5 Å². The van der Waals surface area contributed by atoms with Gasteiger partial charge in [0.2, 0.25) is 0 Å². The molecular formula is C16H14N2O4S. The van der Waals surface area contributed by atoms with E-state index in [1.165, 1.54) is 18.2 Å². The second kappa shape index (κ2) is 7.46. The Kier molecular flexibility index (Phi) is 5.37. The fourth-order valence-electron chi connectivity index (χ4n) is 2.11. The molecule has 0 aliphatic rings. The van der Waals surface area contributed by atoms with E-state index in [9.17, 15) is 20.0 Å². The molecule has 0 heterocycles. The van der Waals surface area contributed by atoms with Crippen LogP contribution in [0.25, 0.3) is 0 Å². The van der Waals surface area contributed by atoms with Crippen LogP contribution in [0.1, 0.15) is 11.1 Å². The summed E-state index contributed by atoms with van der Waals surface area (Å²) in [4.78, 5) is 22.0. The lowest BCUT2D eigenvalue weighted by atomic mass is 10.1. The maximum absolute atomic E-state index is 11.4. The summed E-state index contributed by atoms with van der Waals surface area (Å²) in [6, 6.07) is 14.1. The van der Waals surface area contributed by atoms with Gasteiger partial charge < -0.3 is 10.4 Å². The van der Waals surface area contributed by atoms with Gasteiger partial charge in [0, 0.05) is 12.5 Å². The Hall–Kier alpha value is -2.80. The molecule has 7 heteroatoms. The smallest absolute Gasteiger partial charge is 0.326 e. The normalized spacial score (nSPS) is 11.5. The molecule has 0 amide bonds. The molecule has 1 atom stereocenters. The summed E-state index contributed by atoms with van der Waals surface area (Å²) in [5.74, 6) is -1.07. The first kappa shape index (κ1) is 16.6. The van der Waals surface area contributed by atoms with Crippen LogP contribution in [0.4, 0.5) is 5.69 Å². The van der Waals surface area contributed by atoms with E-state index >= 15 is 0 Å². The van der Waals surface area contributed by atoms with Gasteiger partial charge in [-0.15, -0.1) is 0 Å². The number of nitrogens with zero attached hydrogens (tertiary/aromatic N) is 1. The maximum atomic E-state index is 11.4. The fraction of sp³-hybridized carbons (Fsp3) is 0.125. The average molecular weight is 330 g/mol. The molecule has 0 aromatic heterocycles. The third-order valence-corrected chi connectivity index (χ3v) is 3.57. The molecule has 2 N–H and O–H groups in total. The SMILES string of the molecule is O=C(O)C(Cc1ccccc1)NC(=S)c1ccccc1[N+](=O)[O-]. The Morgan fingerprint density at radius 2 is 1.78 bits per heavy atom. The van der Waals surface area contributed by atoms with Crippen LogP contribution < -0.4 is 5.32 Å². The van der Waals surface area contributed by atoms with E-state index < -0.39 is 16.9 Å². The molecule has 0 saturated heterocycles. The molecule has 0 aliphatic carbocycles. The molecule has 118 valence electrons. The summed E-state index contributed by atoms with van der Waals surface area (Å²) in [5, 5.41) is 23.1. The molecule has 0 bridgehead atoms. The van der Waals surface area contributed by atoms with Crippen molar-refractivity contribution in [3.8, 4) is 0 Å². The number of thiocarbonyl (C=S) groups is 1. The molecule has 2 rings (SSSR count). The van der Waals surface area contributed by atoms with Gasteiger partial charge in [-0.05, 0) is 11.6 Å². The second-order valence-electron chi connectivity index (χ2n) is 4.83. The highest BCUT2D eigenvalue weighted by molar-refractivity contribution is 7.80. The number of hydrogen-bond acceptors (Lipinski definition) is 4. The van der Waals surface area contributed by atoms with Crippen molar-refractivity contribution in [2.24, 2.45) is 0 Å². The first-order chi connectivity index (χ1) is 11.0. The number of aliphatic carboxylic acids is 1. The molecule has 23 heavy (non-hydrogen) atoms. The van der Waals surface area contributed by atoms with E-state index in [0.29, 0.717) is 0 Å². The van der Waals surface area contributed by atoms with E-state index in [2.05, 4.69) is 5.32 Å². The molecule has 0 radical (unpaired) electrons. The van der Waals surface area contributed by atoms with Crippen molar-refractivity contribution < 1.29 is 14.8 Å². The minimum absolute atomic E-state index is 0.0423. The highest BCUT2D eigenvalue weighted by atomic mass is 32.1. The van der Waals surface area contributed by atoms with Gasteiger partial charge in [-0.25, -0.2) is 4.79 Å². The van der Waals surface area contributed by atoms with Gasteiger partial charge in [-0.3, -0.25) is 10.1 Å². The van der Waals surface area contributed by atoms with Gasteiger partial charge in [-0.2, -0.15) is 0 Å². The largest absolute Gasteiger partial charge is 0.480 e. The van der Waals surface area contributed by atoms with Crippen LogP contribution in [0.15, 0.2) is 54.6 Å². The van der Waals surface area contributed by atoms with Crippen molar-refractivity contribution in [3.63, 3.8) is 0 Å². The van der Waals surface area contributed by atoms with Gasteiger partial charge in [0.05, 0.1) is 10.5 Å². The zero-order valence-corrected chi connectivity index (χ0v) is 12.8. The van der Waals surface area contributed by atoms with Crippen LogP contribution in [0, 0.1) is 10.1 Å². The van der Waals surface area contributed by atoms with Crippen molar-refractivity contribution in [2.75, 3.05) is 0 Å². The number of nitro groups is 1. The summed E-state index contributed by atoms with van der Waals surface area (Å²) in [6.45, 7) is 0. The van der Waals surface area contributed by atoms with Crippen LogP contribution in [0.2, 0.25) is 0 Å². The number of rotatable bonds is 6. The maximum Gasteiger partial charge on any atom is 0.326 e. The second-order valence-corrected chi connectivity index (χ2v) is 5.24. The summed E-state index contributed by atoms with van der Waals surface area (Å²) in [6.07, 6.45) is 0.219. The average Bonchev–Trinajstić information content (AvgIpc) is 2.55. The number of hydrogen-bond donors (Lipinski definition) is 2. The molecule has 0 spiro atoms. The van der Waals surface area contributed by atoms with E-state index in [0.717, 1.165) is 5.56 Å². The number of nitro benzene ring substituents is 1. The van der Waals surface area contributed by atoms with E-state index in [-0.39, 0.29) is 22.7 Å².